The van der Waals surface area contributed by atoms with Gasteiger partial charge in [-0.3, -0.25) is 14.8 Å². The highest BCUT2D eigenvalue weighted by Gasteiger charge is 2.59. The first-order valence-corrected chi connectivity index (χ1v) is 9.40. The van der Waals surface area contributed by atoms with E-state index in [0.29, 0.717) is 16.8 Å². The second kappa shape index (κ2) is 6.16. The number of nitrogens with one attached hydrogen (secondary N) is 1. The highest BCUT2D eigenvalue weighted by Crippen LogP contribution is 2.51. The molecule has 1 aliphatic heterocycles. The molecule has 1 saturated carbocycles. The summed E-state index contributed by atoms with van der Waals surface area (Å²) in [5.74, 6) is 1.28. The molecule has 0 radical (unpaired) electrons. The molecule has 3 heterocycles. The maximum atomic E-state index is 13.1. The predicted octanol–water partition coefficient (Wildman–Crippen LogP) is 3.42. The van der Waals surface area contributed by atoms with Crippen molar-refractivity contribution in [2.75, 3.05) is 4.90 Å². The topological polar surface area (TPSA) is 74.8 Å². The average Bonchev–Trinajstić information content (AvgIpc) is 3.18. The van der Waals surface area contributed by atoms with Crippen molar-refractivity contribution in [3.63, 3.8) is 0 Å². The van der Waals surface area contributed by atoms with Crippen molar-refractivity contribution in [1.82, 2.24) is 20.4 Å². The van der Waals surface area contributed by atoms with E-state index in [2.05, 4.69) is 20.4 Å². The molecule has 5 rings (SSSR count). The Morgan fingerprint density at radius 1 is 1.22 bits per heavy atom. The molecule has 3 unspecified atom stereocenters. The van der Waals surface area contributed by atoms with Crippen LogP contribution in [-0.4, -0.2) is 32.3 Å². The van der Waals surface area contributed by atoms with Crippen molar-refractivity contribution in [2.45, 2.75) is 25.8 Å². The quantitative estimate of drug-likeness (QED) is 0.753. The highest BCUT2D eigenvalue weighted by atomic mass is 35.5. The third-order valence-corrected chi connectivity index (χ3v) is 5.86. The van der Waals surface area contributed by atoms with Crippen LogP contribution in [-0.2, 0) is 11.2 Å². The minimum Gasteiger partial charge on any atom is -0.292 e. The maximum Gasteiger partial charge on any atom is 0.232 e. The summed E-state index contributed by atoms with van der Waals surface area (Å²) in [5.41, 5.74) is 3.95. The van der Waals surface area contributed by atoms with Crippen LogP contribution >= 0.6 is 11.6 Å². The Bertz CT molecular complexity index is 1020. The van der Waals surface area contributed by atoms with Gasteiger partial charge in [0, 0.05) is 28.6 Å². The minimum absolute atomic E-state index is 0.0145. The van der Waals surface area contributed by atoms with Gasteiger partial charge in [0.15, 0.2) is 5.82 Å². The zero-order valence-corrected chi connectivity index (χ0v) is 15.5. The Morgan fingerprint density at radius 3 is 2.78 bits per heavy atom. The van der Waals surface area contributed by atoms with Crippen molar-refractivity contribution in [3.05, 3.63) is 58.9 Å². The first-order chi connectivity index (χ1) is 13.1. The van der Waals surface area contributed by atoms with E-state index in [1.54, 1.807) is 12.4 Å². The van der Waals surface area contributed by atoms with E-state index in [1.807, 2.05) is 42.2 Å². The van der Waals surface area contributed by atoms with Crippen molar-refractivity contribution in [2.24, 2.45) is 11.8 Å². The molecular formula is C20H18ClN5O. The zero-order valence-electron chi connectivity index (χ0n) is 14.8. The number of carbonyl (C=O) groups excluding carboxylic acids is 1. The fourth-order valence-electron chi connectivity index (χ4n) is 4.09. The molecule has 7 heteroatoms. The molecule has 27 heavy (non-hydrogen) atoms. The third kappa shape index (κ3) is 2.80. The number of carbonyl (C=O) groups is 1. The van der Waals surface area contributed by atoms with Gasteiger partial charge in [-0.15, -0.1) is 0 Å². The Morgan fingerprint density at radius 2 is 2.00 bits per heavy atom. The van der Waals surface area contributed by atoms with Gasteiger partial charge in [-0.1, -0.05) is 23.7 Å². The minimum atomic E-state index is 0.0145. The molecule has 3 atom stereocenters. The van der Waals surface area contributed by atoms with Gasteiger partial charge in [-0.2, -0.15) is 15.3 Å². The van der Waals surface area contributed by atoms with Crippen LogP contribution in [0.5, 0.6) is 0 Å². The standard InChI is InChI=1S/C20H18ClN5O/c1-11-9-22-23-10-16(11)17-8-19(25-24-17)26-18-7-14(18)15(20(26)27)6-12-2-4-13(21)5-3-12/h2-5,8-10,14-15,18H,6-7H2,1H3,(H,24,25). The fourth-order valence-corrected chi connectivity index (χ4v) is 4.21. The second-order valence-electron chi connectivity index (χ2n) is 7.34. The third-order valence-electron chi connectivity index (χ3n) is 5.61. The molecule has 0 bridgehead atoms. The summed E-state index contributed by atoms with van der Waals surface area (Å²) >= 11 is 5.97. The van der Waals surface area contributed by atoms with Gasteiger partial charge in [-0.05, 0) is 48.9 Å². The molecule has 1 aromatic carbocycles. The number of hydrogen-bond donors (Lipinski definition) is 1. The van der Waals surface area contributed by atoms with E-state index in [0.717, 1.165) is 35.2 Å². The zero-order chi connectivity index (χ0) is 18.5. The summed E-state index contributed by atoms with van der Waals surface area (Å²) in [4.78, 5) is 14.9. The Hall–Kier alpha value is -2.73. The number of hydrogen-bond acceptors (Lipinski definition) is 4. The number of benzene rings is 1. The SMILES string of the molecule is Cc1cnncc1-c1cc(N2C(=O)C(Cc3ccc(Cl)cc3)C3CC32)n[nH]1. The highest BCUT2D eigenvalue weighted by molar-refractivity contribution is 6.30. The second-order valence-corrected chi connectivity index (χ2v) is 7.77. The summed E-state index contributed by atoms with van der Waals surface area (Å²) in [6.07, 6.45) is 5.22. The number of aromatic amines is 1. The van der Waals surface area contributed by atoms with Crippen LogP contribution in [0.3, 0.4) is 0 Å². The molecule has 2 fully saturated rings. The van der Waals surface area contributed by atoms with E-state index < -0.39 is 0 Å². The van der Waals surface area contributed by atoms with Gasteiger partial charge in [0.2, 0.25) is 5.91 Å². The van der Waals surface area contributed by atoms with Gasteiger partial charge >= 0.3 is 0 Å². The van der Waals surface area contributed by atoms with Crippen molar-refractivity contribution in [3.8, 4) is 11.3 Å². The van der Waals surface area contributed by atoms with Crippen molar-refractivity contribution >= 4 is 23.3 Å². The van der Waals surface area contributed by atoms with Crippen LogP contribution in [0.2, 0.25) is 5.02 Å². The first kappa shape index (κ1) is 16.4. The van der Waals surface area contributed by atoms with Gasteiger partial charge in [0.25, 0.3) is 0 Å². The molecule has 1 saturated heterocycles. The summed E-state index contributed by atoms with van der Waals surface area (Å²) < 4.78 is 0. The number of halogens is 1. The lowest BCUT2D eigenvalue weighted by Crippen LogP contribution is -2.32. The van der Waals surface area contributed by atoms with Crippen molar-refractivity contribution < 1.29 is 4.79 Å². The maximum absolute atomic E-state index is 13.1. The van der Waals surface area contributed by atoms with Crippen LogP contribution in [0.1, 0.15) is 17.5 Å². The lowest BCUT2D eigenvalue weighted by Gasteiger charge is -2.18. The largest absolute Gasteiger partial charge is 0.292 e. The lowest BCUT2D eigenvalue weighted by molar-refractivity contribution is -0.121. The number of piperidine rings is 1. The number of amides is 1. The number of rotatable bonds is 4. The molecule has 6 nitrogen and oxygen atoms in total. The Labute approximate surface area is 161 Å². The summed E-state index contributed by atoms with van der Waals surface area (Å²) in [6, 6.07) is 9.96. The van der Waals surface area contributed by atoms with Gasteiger partial charge in [-0.25, -0.2) is 0 Å². The normalized spacial score (nSPS) is 23.6. The molecule has 2 aromatic heterocycles. The molecule has 136 valence electrons. The molecule has 1 N–H and O–H groups in total. The predicted molar refractivity (Wildman–Crippen MR) is 102 cm³/mol. The smallest absolute Gasteiger partial charge is 0.232 e. The number of fused-ring (bicyclic) bond motifs is 1. The Balaban J connectivity index is 1.39. The van der Waals surface area contributed by atoms with E-state index in [-0.39, 0.29) is 17.9 Å². The van der Waals surface area contributed by atoms with Crippen LogP contribution < -0.4 is 4.90 Å². The molecule has 1 aliphatic carbocycles. The molecule has 2 aliphatic rings. The summed E-state index contributed by atoms with van der Waals surface area (Å²) in [6.45, 7) is 1.98. The van der Waals surface area contributed by atoms with Crippen LogP contribution in [0, 0.1) is 18.8 Å². The van der Waals surface area contributed by atoms with Crippen LogP contribution in [0.4, 0.5) is 5.82 Å². The summed E-state index contributed by atoms with van der Waals surface area (Å²) in [5, 5.41) is 16.0. The molecular weight excluding hydrogens is 362 g/mol. The molecule has 3 aromatic rings. The average molecular weight is 380 g/mol. The van der Waals surface area contributed by atoms with Crippen molar-refractivity contribution in [1.29, 1.82) is 0 Å². The number of H-pyrrole nitrogens is 1. The van der Waals surface area contributed by atoms with E-state index in [9.17, 15) is 4.79 Å². The molecule has 1 amide bonds. The van der Waals surface area contributed by atoms with E-state index in [1.165, 1.54) is 0 Å². The van der Waals surface area contributed by atoms with E-state index in [4.69, 9.17) is 11.6 Å². The number of aryl methyl sites for hydroxylation is 1. The monoisotopic (exact) mass is 379 g/mol. The summed E-state index contributed by atoms with van der Waals surface area (Å²) in [7, 11) is 0. The van der Waals surface area contributed by atoms with Gasteiger partial charge < -0.3 is 0 Å². The van der Waals surface area contributed by atoms with Gasteiger partial charge in [0.1, 0.15) is 0 Å². The first-order valence-electron chi connectivity index (χ1n) is 9.02. The van der Waals surface area contributed by atoms with Crippen LogP contribution in [0.25, 0.3) is 11.3 Å². The fraction of sp³-hybridized carbons (Fsp3) is 0.300. The van der Waals surface area contributed by atoms with Gasteiger partial charge in [0.05, 0.1) is 18.1 Å². The number of anilines is 1. The number of aromatic nitrogens is 4. The lowest BCUT2D eigenvalue weighted by atomic mass is 9.95. The molecule has 0 spiro atoms. The van der Waals surface area contributed by atoms with E-state index >= 15 is 0 Å². The van der Waals surface area contributed by atoms with Crippen LogP contribution in [0.15, 0.2) is 42.7 Å². The Kier molecular flexibility index (Phi) is 3.75. The number of nitrogens with zero attached hydrogens (tertiary/aromatic N) is 4.